The van der Waals surface area contributed by atoms with E-state index >= 15 is 0 Å². The lowest BCUT2D eigenvalue weighted by molar-refractivity contribution is -0.148. The highest BCUT2D eigenvalue weighted by atomic mass is 16.6. The summed E-state index contributed by atoms with van der Waals surface area (Å²) in [6.45, 7) is 7.48. The van der Waals surface area contributed by atoms with E-state index in [-0.39, 0.29) is 5.97 Å². The average molecular weight is 218 g/mol. The SMILES string of the molecule is C/C(=C/C(=O)OC(C)(C)C)c1ccccc1. The average Bonchev–Trinajstić information content (AvgIpc) is 2.16. The summed E-state index contributed by atoms with van der Waals surface area (Å²) >= 11 is 0. The van der Waals surface area contributed by atoms with Gasteiger partial charge in [-0.3, -0.25) is 0 Å². The van der Waals surface area contributed by atoms with Crippen molar-refractivity contribution in [3.05, 3.63) is 42.0 Å². The molecule has 0 heterocycles. The molecular formula is C14H18O2. The number of ether oxygens (including phenoxy) is 1. The van der Waals surface area contributed by atoms with Gasteiger partial charge in [-0.1, -0.05) is 30.3 Å². The second kappa shape index (κ2) is 4.97. The Morgan fingerprint density at radius 3 is 2.25 bits per heavy atom. The molecule has 0 saturated heterocycles. The van der Waals surface area contributed by atoms with Gasteiger partial charge in [0.2, 0.25) is 0 Å². The molecule has 0 N–H and O–H groups in total. The first-order chi connectivity index (χ1) is 7.38. The zero-order chi connectivity index (χ0) is 12.2. The van der Waals surface area contributed by atoms with Gasteiger partial charge in [0, 0.05) is 6.08 Å². The Balaban J connectivity index is 2.75. The van der Waals surface area contributed by atoms with Gasteiger partial charge < -0.3 is 4.74 Å². The summed E-state index contributed by atoms with van der Waals surface area (Å²) in [5.41, 5.74) is 1.51. The predicted octanol–water partition coefficient (Wildman–Crippen LogP) is 3.43. The van der Waals surface area contributed by atoms with Gasteiger partial charge in [-0.25, -0.2) is 4.79 Å². The van der Waals surface area contributed by atoms with E-state index in [0.29, 0.717) is 0 Å². The molecule has 0 aliphatic rings. The van der Waals surface area contributed by atoms with Gasteiger partial charge >= 0.3 is 5.97 Å². The zero-order valence-electron chi connectivity index (χ0n) is 10.3. The molecule has 0 spiro atoms. The van der Waals surface area contributed by atoms with Gasteiger partial charge in [-0.2, -0.15) is 0 Å². The van der Waals surface area contributed by atoms with E-state index in [1.54, 1.807) is 0 Å². The Morgan fingerprint density at radius 2 is 1.75 bits per heavy atom. The van der Waals surface area contributed by atoms with Crippen LogP contribution in [0.15, 0.2) is 36.4 Å². The third-order valence-electron chi connectivity index (χ3n) is 1.97. The largest absolute Gasteiger partial charge is 0.457 e. The molecule has 0 saturated carbocycles. The Labute approximate surface area is 96.9 Å². The van der Waals surface area contributed by atoms with E-state index in [4.69, 9.17) is 4.74 Å². The fraction of sp³-hybridized carbons (Fsp3) is 0.357. The van der Waals surface area contributed by atoms with E-state index in [1.165, 1.54) is 6.08 Å². The molecule has 1 aromatic rings. The van der Waals surface area contributed by atoms with Crippen LogP contribution in [0, 0.1) is 0 Å². The van der Waals surface area contributed by atoms with Crippen molar-refractivity contribution >= 4 is 11.5 Å². The van der Waals surface area contributed by atoms with Crippen molar-refractivity contribution < 1.29 is 9.53 Å². The molecule has 2 nitrogen and oxygen atoms in total. The molecule has 2 heteroatoms. The van der Waals surface area contributed by atoms with Crippen molar-refractivity contribution in [2.75, 3.05) is 0 Å². The summed E-state index contributed by atoms with van der Waals surface area (Å²) in [5, 5.41) is 0. The van der Waals surface area contributed by atoms with Crippen molar-refractivity contribution in [3.63, 3.8) is 0 Å². The second-order valence-corrected chi connectivity index (χ2v) is 4.73. The van der Waals surface area contributed by atoms with Crippen LogP contribution in [0.3, 0.4) is 0 Å². The highest BCUT2D eigenvalue weighted by molar-refractivity contribution is 5.91. The van der Waals surface area contributed by atoms with Crippen LogP contribution in [-0.4, -0.2) is 11.6 Å². The van der Waals surface area contributed by atoms with Gasteiger partial charge in [-0.05, 0) is 38.8 Å². The van der Waals surface area contributed by atoms with E-state index in [1.807, 2.05) is 58.0 Å². The number of carbonyl (C=O) groups is 1. The molecule has 0 bridgehead atoms. The summed E-state index contributed by atoms with van der Waals surface area (Å²) in [7, 11) is 0. The monoisotopic (exact) mass is 218 g/mol. The van der Waals surface area contributed by atoms with Crippen LogP contribution in [0.1, 0.15) is 33.3 Å². The second-order valence-electron chi connectivity index (χ2n) is 4.73. The number of benzene rings is 1. The van der Waals surface area contributed by atoms with Crippen LogP contribution in [-0.2, 0) is 9.53 Å². The lowest BCUT2D eigenvalue weighted by atomic mass is 10.1. The number of esters is 1. The van der Waals surface area contributed by atoms with Gasteiger partial charge in [0.1, 0.15) is 5.60 Å². The normalized spacial score (nSPS) is 12.4. The van der Waals surface area contributed by atoms with Gasteiger partial charge in [0.05, 0.1) is 0 Å². The van der Waals surface area contributed by atoms with Crippen molar-refractivity contribution in [1.29, 1.82) is 0 Å². The van der Waals surface area contributed by atoms with Crippen LogP contribution >= 0.6 is 0 Å². The molecule has 0 aromatic heterocycles. The molecule has 0 fully saturated rings. The lowest BCUT2D eigenvalue weighted by Crippen LogP contribution is -2.22. The van der Waals surface area contributed by atoms with E-state index in [0.717, 1.165) is 11.1 Å². The van der Waals surface area contributed by atoms with Crippen LogP contribution in [0.2, 0.25) is 0 Å². The minimum absolute atomic E-state index is 0.297. The summed E-state index contributed by atoms with van der Waals surface area (Å²) in [6.07, 6.45) is 1.53. The quantitative estimate of drug-likeness (QED) is 0.561. The van der Waals surface area contributed by atoms with Gasteiger partial charge in [0.15, 0.2) is 0 Å². The molecule has 16 heavy (non-hydrogen) atoms. The Kier molecular flexibility index (Phi) is 3.88. The van der Waals surface area contributed by atoms with Crippen LogP contribution in [0.5, 0.6) is 0 Å². The fourth-order valence-corrected chi connectivity index (χ4v) is 1.29. The fourth-order valence-electron chi connectivity index (χ4n) is 1.29. The predicted molar refractivity (Wildman–Crippen MR) is 65.9 cm³/mol. The first kappa shape index (κ1) is 12.5. The first-order valence-electron chi connectivity index (χ1n) is 5.35. The highest BCUT2D eigenvalue weighted by Crippen LogP contribution is 2.14. The van der Waals surface area contributed by atoms with E-state index < -0.39 is 5.60 Å². The minimum Gasteiger partial charge on any atom is -0.457 e. The molecule has 86 valence electrons. The Bertz CT molecular complexity index is 383. The van der Waals surface area contributed by atoms with E-state index in [2.05, 4.69) is 0 Å². The number of hydrogen-bond donors (Lipinski definition) is 0. The number of carbonyl (C=O) groups excluding carboxylic acids is 1. The van der Waals surface area contributed by atoms with Crippen LogP contribution in [0.25, 0.3) is 5.57 Å². The Morgan fingerprint density at radius 1 is 1.19 bits per heavy atom. The van der Waals surface area contributed by atoms with Gasteiger partial charge in [0.25, 0.3) is 0 Å². The molecular weight excluding hydrogens is 200 g/mol. The smallest absolute Gasteiger partial charge is 0.331 e. The van der Waals surface area contributed by atoms with Crippen molar-refractivity contribution in [3.8, 4) is 0 Å². The maximum absolute atomic E-state index is 11.5. The summed E-state index contributed by atoms with van der Waals surface area (Å²) in [4.78, 5) is 11.5. The molecule has 1 rings (SSSR count). The molecule has 0 atom stereocenters. The maximum Gasteiger partial charge on any atom is 0.331 e. The first-order valence-corrected chi connectivity index (χ1v) is 5.35. The van der Waals surface area contributed by atoms with Crippen molar-refractivity contribution in [1.82, 2.24) is 0 Å². The molecule has 0 amide bonds. The number of allylic oxidation sites excluding steroid dienone is 1. The molecule has 0 radical (unpaired) electrons. The van der Waals surface area contributed by atoms with Crippen molar-refractivity contribution in [2.45, 2.75) is 33.3 Å². The summed E-state index contributed by atoms with van der Waals surface area (Å²) in [6, 6.07) is 9.78. The zero-order valence-corrected chi connectivity index (χ0v) is 10.3. The summed E-state index contributed by atoms with van der Waals surface area (Å²) < 4.78 is 5.21. The molecule has 0 aliphatic carbocycles. The standard InChI is InChI=1S/C14H18O2/c1-11(12-8-6-5-7-9-12)10-13(15)16-14(2,3)4/h5-10H,1-4H3/b11-10-. The van der Waals surface area contributed by atoms with Crippen LogP contribution < -0.4 is 0 Å². The molecule has 0 unspecified atom stereocenters. The Hall–Kier alpha value is -1.57. The number of hydrogen-bond acceptors (Lipinski definition) is 2. The van der Waals surface area contributed by atoms with Gasteiger partial charge in [-0.15, -0.1) is 0 Å². The molecule has 0 aliphatic heterocycles. The van der Waals surface area contributed by atoms with Crippen LogP contribution in [0.4, 0.5) is 0 Å². The lowest BCUT2D eigenvalue weighted by Gasteiger charge is -2.18. The summed E-state index contributed by atoms with van der Waals surface area (Å²) in [5.74, 6) is -0.297. The maximum atomic E-state index is 11.5. The molecule has 1 aromatic carbocycles. The van der Waals surface area contributed by atoms with Crippen molar-refractivity contribution in [2.24, 2.45) is 0 Å². The topological polar surface area (TPSA) is 26.3 Å². The number of rotatable bonds is 2. The minimum atomic E-state index is -0.440. The highest BCUT2D eigenvalue weighted by Gasteiger charge is 2.14. The third kappa shape index (κ3) is 4.30. The third-order valence-corrected chi connectivity index (χ3v) is 1.97. The van der Waals surface area contributed by atoms with E-state index in [9.17, 15) is 4.79 Å².